The van der Waals surface area contributed by atoms with E-state index in [2.05, 4.69) is 26.0 Å². The first-order valence-corrected chi connectivity index (χ1v) is 13.8. The zero-order valence-electron chi connectivity index (χ0n) is 23.7. The van der Waals surface area contributed by atoms with Crippen molar-refractivity contribution in [1.29, 1.82) is 5.26 Å². The second-order valence-electron chi connectivity index (χ2n) is 10.4. The van der Waals surface area contributed by atoms with Crippen LogP contribution in [0.3, 0.4) is 0 Å². The third kappa shape index (κ3) is 6.01. The van der Waals surface area contributed by atoms with Crippen LogP contribution in [0.15, 0.2) is 106 Å². The molecule has 0 unspecified atom stereocenters. The number of hydrogen-bond acceptors (Lipinski definition) is 6. The summed E-state index contributed by atoms with van der Waals surface area (Å²) in [7, 11) is 0. The maximum atomic E-state index is 13.6. The smallest absolute Gasteiger partial charge is 0.304 e. The first-order valence-electron chi connectivity index (χ1n) is 13.4. The van der Waals surface area contributed by atoms with Crippen LogP contribution in [0.5, 0.6) is 0 Å². The molecule has 1 aliphatic carbocycles. The minimum absolute atomic E-state index is 0.159. The van der Waals surface area contributed by atoms with Crippen molar-refractivity contribution in [3.05, 3.63) is 112 Å². The summed E-state index contributed by atoms with van der Waals surface area (Å²) in [5.74, 6) is -1.72. The van der Waals surface area contributed by atoms with E-state index in [4.69, 9.17) is 21.6 Å². The summed E-state index contributed by atoms with van der Waals surface area (Å²) in [4.78, 5) is 40.4. The van der Waals surface area contributed by atoms with E-state index in [9.17, 15) is 14.4 Å². The lowest BCUT2D eigenvalue weighted by atomic mass is 9.79. The molecule has 0 N–H and O–H groups in total. The van der Waals surface area contributed by atoms with Crippen molar-refractivity contribution < 1.29 is 19.1 Å². The number of rotatable bonds is 7. The lowest BCUT2D eigenvalue weighted by molar-refractivity contribution is -0.167. The number of anilines is 1. The third-order valence-electron chi connectivity index (χ3n) is 7.21. The zero-order chi connectivity index (χ0) is 29.9. The molecule has 0 radical (unpaired) electrons. The normalized spacial score (nSPS) is 19.9. The van der Waals surface area contributed by atoms with Crippen LogP contribution in [0.2, 0.25) is 0 Å². The van der Waals surface area contributed by atoms with Crippen molar-refractivity contribution in [2.75, 3.05) is 4.90 Å². The summed E-state index contributed by atoms with van der Waals surface area (Å²) in [6.07, 6.45) is 10.5. The Morgan fingerprint density at radius 2 is 1.68 bits per heavy atom. The highest BCUT2D eigenvalue weighted by Gasteiger charge is 2.52. The fourth-order valence-electron chi connectivity index (χ4n) is 4.75. The van der Waals surface area contributed by atoms with Crippen LogP contribution in [0.4, 0.5) is 5.69 Å². The molecule has 0 bridgehead atoms. The molecule has 6 nitrogen and oxygen atoms in total. The number of halogens is 1. The van der Waals surface area contributed by atoms with Gasteiger partial charge in [0.05, 0.1) is 16.7 Å². The van der Waals surface area contributed by atoms with Gasteiger partial charge in [-0.2, -0.15) is 5.26 Å². The Labute approximate surface area is 245 Å². The molecule has 4 rings (SSSR count). The van der Waals surface area contributed by atoms with Gasteiger partial charge in [-0.3, -0.25) is 14.4 Å². The summed E-state index contributed by atoms with van der Waals surface area (Å²) < 4.78 is 5.22. The molecule has 2 aliphatic rings. The van der Waals surface area contributed by atoms with E-state index in [0.717, 1.165) is 35.7 Å². The topological polar surface area (TPSA) is 87.5 Å². The summed E-state index contributed by atoms with van der Waals surface area (Å²) in [6.45, 7) is 8.73. The number of nitrogens with zero attached hydrogens (tertiary/aromatic N) is 2. The first kappa shape index (κ1) is 29.5. The molecule has 1 aliphatic heterocycles. The number of ether oxygens (including phenoxy) is 1. The van der Waals surface area contributed by atoms with Gasteiger partial charge in [0.2, 0.25) is 17.2 Å². The van der Waals surface area contributed by atoms with E-state index in [1.165, 1.54) is 6.92 Å². The van der Waals surface area contributed by atoms with Gasteiger partial charge in [0.1, 0.15) is 0 Å². The van der Waals surface area contributed by atoms with Gasteiger partial charge in [-0.25, -0.2) is 0 Å². The first-order chi connectivity index (χ1) is 19.5. The molecule has 2 aromatic carbocycles. The van der Waals surface area contributed by atoms with E-state index in [1.807, 2.05) is 60.4 Å². The van der Waals surface area contributed by atoms with Crippen LogP contribution in [0, 0.1) is 17.2 Å². The number of carbonyl (C=O) groups is 3. The number of esters is 1. The van der Waals surface area contributed by atoms with Crippen LogP contribution in [-0.2, 0) is 19.1 Å². The Balaban J connectivity index is 1.81. The second kappa shape index (κ2) is 12.0. The molecule has 0 saturated carbocycles. The van der Waals surface area contributed by atoms with Crippen LogP contribution in [0.25, 0.3) is 11.1 Å². The Morgan fingerprint density at radius 3 is 2.24 bits per heavy atom. The fourth-order valence-corrected chi connectivity index (χ4v) is 5.08. The number of Topliss-reactive ketones (excluding diaryl/α,β-unsaturated/α-hetero) is 2. The summed E-state index contributed by atoms with van der Waals surface area (Å²) >= 11 is 6.52. The van der Waals surface area contributed by atoms with Crippen molar-refractivity contribution in [3.63, 3.8) is 0 Å². The number of hydrogen-bond donors (Lipinski definition) is 0. The predicted octanol–water partition coefficient (Wildman–Crippen LogP) is 7.33. The van der Waals surface area contributed by atoms with Crippen molar-refractivity contribution in [1.82, 2.24) is 0 Å². The van der Waals surface area contributed by atoms with E-state index in [-0.39, 0.29) is 10.6 Å². The average Bonchev–Trinajstić information content (AvgIpc) is 2.97. The van der Waals surface area contributed by atoms with Gasteiger partial charge >= 0.3 is 5.97 Å². The molecule has 2 atom stereocenters. The summed E-state index contributed by atoms with van der Waals surface area (Å²) in [5.41, 5.74) is 3.47. The highest BCUT2D eigenvalue weighted by atomic mass is 35.5. The number of allylic oxidation sites excluding steroid dienone is 6. The summed E-state index contributed by atoms with van der Waals surface area (Å²) in [6, 6.07) is 17.2. The van der Waals surface area contributed by atoms with Crippen LogP contribution >= 0.6 is 11.6 Å². The minimum Gasteiger partial charge on any atom is -0.443 e. The maximum Gasteiger partial charge on any atom is 0.304 e. The van der Waals surface area contributed by atoms with Gasteiger partial charge < -0.3 is 9.64 Å². The van der Waals surface area contributed by atoms with Gasteiger partial charge in [-0.1, -0.05) is 73.9 Å². The molecular formula is C34H31ClN2O4. The van der Waals surface area contributed by atoms with E-state index < -0.39 is 23.1 Å². The molecule has 1 heterocycles. The van der Waals surface area contributed by atoms with Gasteiger partial charge in [0.15, 0.2) is 0 Å². The average molecular weight is 567 g/mol. The van der Waals surface area contributed by atoms with Gasteiger partial charge in [-0.05, 0) is 67.3 Å². The van der Waals surface area contributed by atoms with Crippen molar-refractivity contribution >= 4 is 34.8 Å². The van der Waals surface area contributed by atoms with Crippen molar-refractivity contribution in [2.24, 2.45) is 5.92 Å². The molecule has 0 spiro atoms. The number of benzene rings is 2. The Kier molecular flexibility index (Phi) is 8.60. The molecule has 0 saturated heterocycles. The lowest BCUT2D eigenvalue weighted by Crippen LogP contribution is -2.52. The number of ketones is 2. The van der Waals surface area contributed by atoms with E-state index in [1.54, 1.807) is 24.4 Å². The van der Waals surface area contributed by atoms with Crippen molar-refractivity contribution in [2.45, 2.75) is 46.6 Å². The van der Waals surface area contributed by atoms with Crippen molar-refractivity contribution in [3.8, 4) is 17.2 Å². The summed E-state index contributed by atoms with van der Waals surface area (Å²) in [5, 5.41) is 8.93. The quantitative estimate of drug-likeness (QED) is 0.198. The highest BCUT2D eigenvalue weighted by molar-refractivity contribution is 6.49. The number of carbonyl (C=O) groups excluding carboxylic acids is 3. The molecule has 0 amide bonds. The van der Waals surface area contributed by atoms with Crippen LogP contribution in [-0.4, -0.2) is 23.1 Å². The van der Waals surface area contributed by atoms with E-state index in [0.29, 0.717) is 22.8 Å². The zero-order valence-corrected chi connectivity index (χ0v) is 24.5. The maximum absolute atomic E-state index is 13.6. The van der Waals surface area contributed by atoms with Crippen LogP contribution in [0.1, 0.15) is 46.6 Å². The molecule has 0 aromatic heterocycles. The molecule has 0 fully saturated rings. The predicted molar refractivity (Wildman–Crippen MR) is 161 cm³/mol. The number of nitriles is 1. The largest absolute Gasteiger partial charge is 0.443 e. The minimum atomic E-state index is -2.04. The Morgan fingerprint density at radius 1 is 1.07 bits per heavy atom. The standard InChI is InChI=1S/C34H31ClN2O4/c1-6-21(2)17-22(3)7-14-28-18-29-30(32(39)34(5,41-23(4)38)33(40)31(29)35)20-37(28)27-15-12-26(13-16-27)25-10-8-24(19-36)9-11-25/h7-18,20-21H,6H2,1-5H3/b14-7+,22-17+/t21-,34+/m0/s1. The Hall–Kier alpha value is -4.47. The molecule has 208 valence electrons. The van der Waals surface area contributed by atoms with Crippen LogP contribution < -0.4 is 4.90 Å². The monoisotopic (exact) mass is 566 g/mol. The third-order valence-corrected chi connectivity index (χ3v) is 7.59. The molecule has 41 heavy (non-hydrogen) atoms. The number of fused-ring (bicyclic) bond motifs is 1. The fraction of sp³-hybridized carbons (Fsp3) is 0.235. The molecular weight excluding hydrogens is 536 g/mol. The van der Waals surface area contributed by atoms with E-state index >= 15 is 0 Å². The van der Waals surface area contributed by atoms with Gasteiger partial charge in [0.25, 0.3) is 0 Å². The molecule has 7 heteroatoms. The van der Waals surface area contributed by atoms with Gasteiger partial charge in [0, 0.05) is 35.7 Å². The Bertz CT molecular complexity index is 1600. The second-order valence-corrected chi connectivity index (χ2v) is 10.7. The lowest BCUT2D eigenvalue weighted by Gasteiger charge is -2.35. The van der Waals surface area contributed by atoms with Gasteiger partial charge in [-0.15, -0.1) is 0 Å². The SMILES string of the molecule is CC[C@H](C)/C=C(C)/C=C/C1=CC2=C(Cl)C(=O)[C@](C)(OC(C)=O)C(=O)C2=CN1c1ccc(-c2ccc(C#N)cc2)cc1. The highest BCUT2D eigenvalue weighted by Crippen LogP contribution is 2.41. The molecule has 2 aromatic rings.